The predicted octanol–water partition coefficient (Wildman–Crippen LogP) is -1.79. The summed E-state index contributed by atoms with van der Waals surface area (Å²) in [5.74, 6) is 0.264. The number of hydrogen-bond donors (Lipinski definition) is 1. The van der Waals surface area contributed by atoms with Crippen LogP contribution in [0.4, 0.5) is 0 Å². The molecule has 0 bridgehead atoms. The molecular formula is C13H24N4O3. The zero-order valence-electron chi connectivity index (χ0n) is 12.1. The summed E-state index contributed by atoms with van der Waals surface area (Å²) in [6, 6.07) is 0. The number of carbonyl (C=O) groups excluding carboxylic acids is 2. The van der Waals surface area contributed by atoms with E-state index in [4.69, 9.17) is 4.74 Å². The molecule has 0 radical (unpaired) electrons. The van der Waals surface area contributed by atoms with E-state index >= 15 is 0 Å². The van der Waals surface area contributed by atoms with Gasteiger partial charge in [0.1, 0.15) is 0 Å². The third-order valence-corrected chi connectivity index (χ3v) is 3.78. The lowest BCUT2D eigenvalue weighted by atomic mass is 10.3. The van der Waals surface area contributed by atoms with Crippen molar-refractivity contribution in [3.05, 3.63) is 0 Å². The van der Waals surface area contributed by atoms with Gasteiger partial charge < -0.3 is 19.9 Å². The molecule has 0 aromatic rings. The maximum atomic E-state index is 12.2. The second-order valence-corrected chi connectivity index (χ2v) is 5.18. The van der Waals surface area contributed by atoms with Gasteiger partial charge in [-0.05, 0) is 7.05 Å². The molecule has 0 atom stereocenters. The van der Waals surface area contributed by atoms with E-state index in [0.29, 0.717) is 52.5 Å². The summed E-state index contributed by atoms with van der Waals surface area (Å²) in [5, 5.41) is 2.86. The summed E-state index contributed by atoms with van der Waals surface area (Å²) < 4.78 is 5.27. The number of carbonyl (C=O) groups is 2. The molecule has 20 heavy (non-hydrogen) atoms. The van der Waals surface area contributed by atoms with Crippen LogP contribution in [0.2, 0.25) is 0 Å². The minimum absolute atomic E-state index is 0.104. The van der Waals surface area contributed by atoms with Crippen LogP contribution in [0.5, 0.6) is 0 Å². The zero-order valence-corrected chi connectivity index (χ0v) is 12.1. The minimum Gasteiger partial charge on any atom is -0.379 e. The monoisotopic (exact) mass is 284 g/mol. The number of morpholine rings is 1. The summed E-state index contributed by atoms with van der Waals surface area (Å²) >= 11 is 0. The summed E-state index contributed by atoms with van der Waals surface area (Å²) in [5.41, 5.74) is 0. The molecule has 0 spiro atoms. The molecular weight excluding hydrogens is 260 g/mol. The number of nitrogens with zero attached hydrogens (tertiary/aromatic N) is 3. The highest BCUT2D eigenvalue weighted by atomic mass is 16.5. The van der Waals surface area contributed by atoms with Crippen molar-refractivity contribution < 1.29 is 14.3 Å². The lowest BCUT2D eigenvalue weighted by molar-refractivity contribution is -0.140. The highest BCUT2D eigenvalue weighted by Gasteiger charge is 2.25. The Morgan fingerprint density at radius 3 is 2.05 bits per heavy atom. The van der Waals surface area contributed by atoms with Gasteiger partial charge in [0.05, 0.1) is 26.3 Å². The molecule has 0 aliphatic carbocycles. The second kappa shape index (κ2) is 7.56. The first-order chi connectivity index (χ1) is 9.70. The highest BCUT2D eigenvalue weighted by molar-refractivity contribution is 5.80. The predicted molar refractivity (Wildman–Crippen MR) is 74.3 cm³/mol. The first-order valence-corrected chi connectivity index (χ1v) is 7.21. The van der Waals surface area contributed by atoms with Crippen LogP contribution in [0.25, 0.3) is 0 Å². The number of piperazine rings is 1. The largest absolute Gasteiger partial charge is 0.379 e. The Kier molecular flexibility index (Phi) is 5.75. The number of ether oxygens (including phenoxy) is 1. The van der Waals surface area contributed by atoms with Gasteiger partial charge in [-0.25, -0.2) is 0 Å². The Balaban J connectivity index is 1.72. The van der Waals surface area contributed by atoms with Crippen molar-refractivity contribution in [2.75, 3.05) is 72.6 Å². The minimum atomic E-state index is 0.104. The topological polar surface area (TPSA) is 65.1 Å². The molecule has 1 N–H and O–H groups in total. The average molecular weight is 284 g/mol. The Labute approximate surface area is 119 Å². The van der Waals surface area contributed by atoms with E-state index in [1.54, 1.807) is 7.05 Å². The summed E-state index contributed by atoms with van der Waals surface area (Å²) in [6.07, 6.45) is 0. The SMILES string of the molecule is CNCC(=O)N1CCN(C(=O)CN2CCOCC2)CC1. The molecule has 0 aromatic carbocycles. The van der Waals surface area contributed by atoms with Crippen LogP contribution in [0.15, 0.2) is 0 Å². The molecule has 2 aliphatic heterocycles. The molecule has 0 saturated carbocycles. The van der Waals surface area contributed by atoms with Crippen molar-refractivity contribution in [2.45, 2.75) is 0 Å². The number of hydrogen-bond acceptors (Lipinski definition) is 5. The first kappa shape index (κ1) is 15.2. The van der Waals surface area contributed by atoms with Gasteiger partial charge in [-0.1, -0.05) is 0 Å². The fraction of sp³-hybridized carbons (Fsp3) is 0.846. The van der Waals surface area contributed by atoms with Crippen LogP contribution in [-0.2, 0) is 14.3 Å². The van der Waals surface area contributed by atoms with E-state index in [0.717, 1.165) is 13.1 Å². The molecule has 7 nitrogen and oxygen atoms in total. The van der Waals surface area contributed by atoms with Gasteiger partial charge >= 0.3 is 0 Å². The zero-order chi connectivity index (χ0) is 14.4. The molecule has 2 rings (SSSR count). The molecule has 2 heterocycles. The van der Waals surface area contributed by atoms with Gasteiger partial charge in [-0.3, -0.25) is 14.5 Å². The van der Waals surface area contributed by atoms with Crippen LogP contribution in [-0.4, -0.2) is 99.1 Å². The maximum Gasteiger partial charge on any atom is 0.236 e. The quantitative estimate of drug-likeness (QED) is 0.660. The Bertz CT molecular complexity index is 337. The third-order valence-electron chi connectivity index (χ3n) is 3.78. The molecule has 2 fully saturated rings. The number of amides is 2. The van der Waals surface area contributed by atoms with Gasteiger partial charge in [0, 0.05) is 39.3 Å². The van der Waals surface area contributed by atoms with E-state index in [9.17, 15) is 9.59 Å². The van der Waals surface area contributed by atoms with Crippen molar-refractivity contribution in [2.24, 2.45) is 0 Å². The molecule has 2 saturated heterocycles. The van der Waals surface area contributed by atoms with E-state index < -0.39 is 0 Å². The first-order valence-electron chi connectivity index (χ1n) is 7.21. The van der Waals surface area contributed by atoms with Crippen LogP contribution < -0.4 is 5.32 Å². The molecule has 114 valence electrons. The third kappa shape index (κ3) is 4.16. The lowest BCUT2D eigenvalue weighted by Gasteiger charge is -2.36. The lowest BCUT2D eigenvalue weighted by Crippen LogP contribution is -2.54. The normalized spacial score (nSPS) is 21.1. The summed E-state index contributed by atoms with van der Waals surface area (Å²) in [4.78, 5) is 29.7. The maximum absolute atomic E-state index is 12.2. The number of rotatable bonds is 4. The van der Waals surface area contributed by atoms with Crippen molar-refractivity contribution in [1.29, 1.82) is 0 Å². The van der Waals surface area contributed by atoms with E-state index in [-0.39, 0.29) is 11.8 Å². The van der Waals surface area contributed by atoms with Crippen molar-refractivity contribution >= 4 is 11.8 Å². The van der Waals surface area contributed by atoms with Crippen LogP contribution in [0.3, 0.4) is 0 Å². The second-order valence-electron chi connectivity index (χ2n) is 5.18. The smallest absolute Gasteiger partial charge is 0.236 e. The van der Waals surface area contributed by atoms with Crippen LogP contribution >= 0.6 is 0 Å². The highest BCUT2D eigenvalue weighted by Crippen LogP contribution is 2.04. The molecule has 2 amide bonds. The van der Waals surface area contributed by atoms with E-state index in [1.807, 2.05) is 9.80 Å². The molecule has 0 unspecified atom stereocenters. The average Bonchev–Trinajstić information content (AvgIpc) is 2.48. The van der Waals surface area contributed by atoms with E-state index in [2.05, 4.69) is 10.2 Å². The van der Waals surface area contributed by atoms with Crippen LogP contribution in [0, 0.1) is 0 Å². The van der Waals surface area contributed by atoms with Crippen LogP contribution in [0.1, 0.15) is 0 Å². The van der Waals surface area contributed by atoms with Gasteiger partial charge in [-0.15, -0.1) is 0 Å². The Morgan fingerprint density at radius 2 is 1.50 bits per heavy atom. The number of nitrogens with one attached hydrogen (secondary N) is 1. The van der Waals surface area contributed by atoms with Gasteiger partial charge in [-0.2, -0.15) is 0 Å². The molecule has 7 heteroatoms. The van der Waals surface area contributed by atoms with Gasteiger partial charge in [0.25, 0.3) is 0 Å². The Hall–Kier alpha value is -1.18. The fourth-order valence-electron chi connectivity index (χ4n) is 2.52. The molecule has 0 aromatic heterocycles. The van der Waals surface area contributed by atoms with E-state index in [1.165, 1.54) is 0 Å². The summed E-state index contributed by atoms with van der Waals surface area (Å²) in [7, 11) is 1.76. The van der Waals surface area contributed by atoms with Crippen molar-refractivity contribution in [1.82, 2.24) is 20.0 Å². The Morgan fingerprint density at radius 1 is 0.950 bits per heavy atom. The standard InChI is InChI=1S/C13H24N4O3/c1-14-10-12(18)16-2-4-17(5-3-16)13(19)11-15-6-8-20-9-7-15/h14H,2-11H2,1H3. The fourth-order valence-corrected chi connectivity index (χ4v) is 2.52. The summed E-state index contributed by atoms with van der Waals surface area (Å²) in [6.45, 7) is 6.44. The molecule has 2 aliphatic rings. The van der Waals surface area contributed by atoms with Gasteiger partial charge in [0.2, 0.25) is 11.8 Å². The van der Waals surface area contributed by atoms with Gasteiger partial charge in [0.15, 0.2) is 0 Å². The van der Waals surface area contributed by atoms with Crippen molar-refractivity contribution in [3.8, 4) is 0 Å². The van der Waals surface area contributed by atoms with Crippen molar-refractivity contribution in [3.63, 3.8) is 0 Å². The number of likely N-dealkylation sites (N-methyl/N-ethyl adjacent to an activating group) is 1.